The van der Waals surface area contributed by atoms with E-state index in [2.05, 4.69) is 123 Å². The van der Waals surface area contributed by atoms with Crippen LogP contribution < -0.4 is 0 Å². The molecule has 0 aliphatic carbocycles. The summed E-state index contributed by atoms with van der Waals surface area (Å²) in [5.41, 5.74) is 0. The van der Waals surface area contributed by atoms with Gasteiger partial charge in [-0.15, -0.1) is 0 Å². The molecule has 0 rings (SSSR count). The van der Waals surface area contributed by atoms with Crippen molar-refractivity contribution in [2.45, 2.75) is 219 Å². The molecule has 0 aromatic heterocycles. The van der Waals surface area contributed by atoms with Gasteiger partial charge in [-0.2, -0.15) is 0 Å². The van der Waals surface area contributed by atoms with Crippen LogP contribution in [0.15, 0.2) is 109 Å². The van der Waals surface area contributed by atoms with Gasteiger partial charge in [0.2, 0.25) is 0 Å². The molecule has 0 aromatic carbocycles. The highest BCUT2D eigenvalue weighted by molar-refractivity contribution is 5.70. The Morgan fingerprint density at radius 1 is 0.393 bits per heavy atom. The molecule has 0 heterocycles. The van der Waals surface area contributed by atoms with Crippen molar-refractivity contribution in [3.8, 4) is 0 Å². The highest BCUT2D eigenvalue weighted by Crippen LogP contribution is 2.14. The lowest BCUT2D eigenvalue weighted by molar-refractivity contribution is -0.161. The second-order valence-electron chi connectivity index (χ2n) is 16.2. The van der Waals surface area contributed by atoms with Gasteiger partial charge in [0.05, 0.1) is 6.61 Å². The monoisotopic (exact) mass is 845 g/mol. The average molecular weight is 845 g/mol. The Morgan fingerprint density at radius 3 is 1.07 bits per heavy atom. The number of carbonyl (C=O) groups excluding carboxylic acids is 2. The normalized spacial score (nSPS) is 13.2. The third kappa shape index (κ3) is 49.1. The first-order chi connectivity index (χ1) is 30.1. The van der Waals surface area contributed by atoms with E-state index in [1.807, 2.05) is 0 Å². The molecule has 0 spiro atoms. The summed E-state index contributed by atoms with van der Waals surface area (Å²) in [5, 5.41) is 9.52. The van der Waals surface area contributed by atoms with Gasteiger partial charge in [0, 0.05) is 12.8 Å². The Kier molecular flexibility index (Phi) is 48.0. The van der Waals surface area contributed by atoms with E-state index in [-0.39, 0.29) is 25.2 Å². The van der Waals surface area contributed by atoms with Crippen molar-refractivity contribution >= 4 is 11.9 Å². The van der Waals surface area contributed by atoms with Gasteiger partial charge in [-0.1, -0.05) is 226 Å². The van der Waals surface area contributed by atoms with Gasteiger partial charge >= 0.3 is 11.9 Å². The van der Waals surface area contributed by atoms with E-state index in [1.165, 1.54) is 89.9 Å². The van der Waals surface area contributed by atoms with E-state index in [9.17, 15) is 14.7 Å². The van der Waals surface area contributed by atoms with Crippen LogP contribution in [0.3, 0.4) is 0 Å². The predicted molar refractivity (Wildman–Crippen MR) is 265 cm³/mol. The minimum atomic E-state index is -0.772. The van der Waals surface area contributed by atoms with E-state index in [1.54, 1.807) is 0 Å². The SMILES string of the molecule is CC/C=C\C/C=C\C/C=C\C/C=C\C/C=C\C/C=C\C/C=C\C/C=C\C/C=C\CCCCCCCCCCCCCCCC(=O)OC(CO)COC(=O)CCCCCCCC. The molecule has 0 aromatic rings. The van der Waals surface area contributed by atoms with Crippen molar-refractivity contribution < 1.29 is 24.2 Å². The summed E-state index contributed by atoms with van der Waals surface area (Å²) in [5.74, 6) is -0.605. The maximum atomic E-state index is 12.2. The van der Waals surface area contributed by atoms with Crippen LogP contribution in [0.2, 0.25) is 0 Å². The molecule has 5 heteroatoms. The summed E-state index contributed by atoms with van der Waals surface area (Å²) in [6.07, 6.45) is 73.7. The highest BCUT2D eigenvalue weighted by Gasteiger charge is 2.16. The van der Waals surface area contributed by atoms with E-state index in [4.69, 9.17) is 9.47 Å². The van der Waals surface area contributed by atoms with Gasteiger partial charge in [0.25, 0.3) is 0 Å². The number of allylic oxidation sites excluding steroid dienone is 18. The molecule has 0 saturated heterocycles. The number of hydrogen-bond donors (Lipinski definition) is 1. The third-order valence-electron chi connectivity index (χ3n) is 10.3. The van der Waals surface area contributed by atoms with E-state index < -0.39 is 6.10 Å². The molecule has 0 fully saturated rings. The van der Waals surface area contributed by atoms with E-state index >= 15 is 0 Å². The van der Waals surface area contributed by atoms with Gasteiger partial charge in [0.1, 0.15) is 6.61 Å². The average Bonchev–Trinajstić information content (AvgIpc) is 3.26. The number of esters is 2. The minimum Gasteiger partial charge on any atom is -0.462 e. The summed E-state index contributed by atoms with van der Waals surface area (Å²) in [7, 11) is 0. The summed E-state index contributed by atoms with van der Waals surface area (Å²) in [6.45, 7) is 3.95. The molecule has 0 saturated carbocycles. The van der Waals surface area contributed by atoms with E-state index in [0.717, 1.165) is 96.3 Å². The summed E-state index contributed by atoms with van der Waals surface area (Å²) in [6, 6.07) is 0. The number of unbranched alkanes of at least 4 members (excludes halogenated alkanes) is 18. The maximum Gasteiger partial charge on any atom is 0.306 e. The first-order valence-corrected chi connectivity index (χ1v) is 24.9. The second-order valence-corrected chi connectivity index (χ2v) is 16.2. The van der Waals surface area contributed by atoms with Crippen molar-refractivity contribution in [3.63, 3.8) is 0 Å². The van der Waals surface area contributed by atoms with Crippen molar-refractivity contribution in [1.82, 2.24) is 0 Å². The molecule has 1 atom stereocenters. The first-order valence-electron chi connectivity index (χ1n) is 24.9. The smallest absolute Gasteiger partial charge is 0.306 e. The topological polar surface area (TPSA) is 72.8 Å². The van der Waals surface area contributed by atoms with Gasteiger partial charge in [0.15, 0.2) is 6.10 Å². The Bertz CT molecular complexity index is 1230. The van der Waals surface area contributed by atoms with Gasteiger partial charge in [-0.3, -0.25) is 9.59 Å². The lowest BCUT2D eigenvalue weighted by Crippen LogP contribution is -2.28. The number of aliphatic hydroxyl groups excluding tert-OH is 1. The number of ether oxygens (including phenoxy) is 2. The van der Waals surface area contributed by atoms with Crippen LogP contribution in [0.5, 0.6) is 0 Å². The van der Waals surface area contributed by atoms with Crippen molar-refractivity contribution in [1.29, 1.82) is 0 Å². The molecule has 346 valence electrons. The molecule has 0 amide bonds. The highest BCUT2D eigenvalue weighted by atomic mass is 16.6. The molecule has 1 unspecified atom stereocenters. The van der Waals surface area contributed by atoms with Crippen molar-refractivity contribution in [3.05, 3.63) is 109 Å². The molecule has 0 radical (unpaired) electrons. The fraction of sp³-hybridized carbons (Fsp3) is 0.643. The molecule has 0 aliphatic rings. The largest absolute Gasteiger partial charge is 0.462 e. The predicted octanol–water partition coefficient (Wildman–Crippen LogP) is 16.6. The molecule has 61 heavy (non-hydrogen) atoms. The third-order valence-corrected chi connectivity index (χ3v) is 10.3. The fourth-order valence-electron chi connectivity index (χ4n) is 6.61. The number of hydrogen-bond acceptors (Lipinski definition) is 5. The number of rotatable bonds is 44. The van der Waals surface area contributed by atoms with Crippen LogP contribution in [-0.4, -0.2) is 36.4 Å². The van der Waals surface area contributed by atoms with Crippen LogP contribution in [0.4, 0.5) is 0 Å². The Balaban J connectivity index is 3.52. The van der Waals surface area contributed by atoms with Crippen molar-refractivity contribution in [2.24, 2.45) is 0 Å². The number of aliphatic hydroxyl groups is 1. The summed E-state index contributed by atoms with van der Waals surface area (Å²) in [4.78, 5) is 24.1. The zero-order valence-corrected chi connectivity index (χ0v) is 39.4. The van der Waals surface area contributed by atoms with E-state index in [0.29, 0.717) is 12.8 Å². The first kappa shape index (κ1) is 57.6. The molecular formula is C56H92O5. The Morgan fingerprint density at radius 2 is 0.705 bits per heavy atom. The lowest BCUT2D eigenvalue weighted by atomic mass is 10.0. The zero-order valence-electron chi connectivity index (χ0n) is 39.4. The van der Waals surface area contributed by atoms with Gasteiger partial charge in [-0.05, 0) is 83.5 Å². The molecular weight excluding hydrogens is 753 g/mol. The molecule has 0 aliphatic heterocycles. The maximum absolute atomic E-state index is 12.2. The summed E-state index contributed by atoms with van der Waals surface area (Å²) < 4.78 is 10.5. The van der Waals surface area contributed by atoms with Crippen LogP contribution in [0, 0.1) is 0 Å². The van der Waals surface area contributed by atoms with Gasteiger partial charge in [-0.25, -0.2) is 0 Å². The standard InChI is InChI=1S/C56H92O5/c1-3-5-7-9-11-12-13-14-15-16-17-18-19-20-21-22-23-24-25-26-27-28-29-30-31-32-33-34-35-36-37-38-39-40-41-42-43-44-45-47-49-51-56(59)61-54(52-57)53-60-55(58)50-48-46-10-8-6-4-2/h5,7,11-12,14-15,17-18,20-21,23-24,26-27,29-30,32-33,54,57H,3-4,6,8-10,13,16,19,22,25,28,31,34-53H2,1-2H3/b7-5-,12-11-,15-14-,18-17-,21-20-,24-23-,27-26-,30-29-,33-32-. The van der Waals surface area contributed by atoms with Crippen LogP contribution in [0.1, 0.15) is 213 Å². The minimum absolute atomic E-state index is 0.0691. The van der Waals surface area contributed by atoms with Gasteiger partial charge < -0.3 is 14.6 Å². The second kappa shape index (κ2) is 50.9. The molecule has 1 N–H and O–H groups in total. The van der Waals surface area contributed by atoms with Crippen LogP contribution >= 0.6 is 0 Å². The quantitative estimate of drug-likeness (QED) is 0.0376. The molecule has 5 nitrogen and oxygen atoms in total. The van der Waals surface area contributed by atoms with Crippen LogP contribution in [-0.2, 0) is 19.1 Å². The lowest BCUT2D eigenvalue weighted by Gasteiger charge is -2.15. The summed E-state index contributed by atoms with van der Waals surface area (Å²) >= 11 is 0. The number of carbonyl (C=O) groups is 2. The molecule has 0 bridgehead atoms. The Labute approximate surface area is 376 Å². The fourth-order valence-corrected chi connectivity index (χ4v) is 6.61. The zero-order chi connectivity index (χ0) is 44.2. The Hall–Kier alpha value is -3.44. The van der Waals surface area contributed by atoms with Crippen LogP contribution in [0.25, 0.3) is 0 Å². The van der Waals surface area contributed by atoms with Crippen molar-refractivity contribution in [2.75, 3.05) is 13.2 Å².